The lowest BCUT2D eigenvalue weighted by Crippen LogP contribution is -2.37. The molecule has 0 fully saturated rings. The number of hydrogen-bond donors (Lipinski definition) is 2. The van der Waals surface area contributed by atoms with Gasteiger partial charge in [-0.1, -0.05) is 6.07 Å². The number of aliphatic imine (C=N–C) groups is 1. The summed E-state index contributed by atoms with van der Waals surface area (Å²) in [7, 11) is 1.37. The topological polar surface area (TPSA) is 54.2 Å². The normalized spacial score (nSPS) is 12.5. The zero-order chi connectivity index (χ0) is 19.3. The first kappa shape index (κ1) is 19.6. The minimum absolute atomic E-state index is 0.0284. The van der Waals surface area contributed by atoms with E-state index in [0.717, 1.165) is 18.3 Å². The summed E-state index contributed by atoms with van der Waals surface area (Å²) in [4.78, 5) is 7.57. The monoisotopic (exact) mass is 379 g/mol. The van der Waals surface area contributed by atoms with Crippen molar-refractivity contribution in [2.24, 2.45) is 4.99 Å². The molecule has 0 bridgehead atoms. The molecule has 0 aliphatic carbocycles. The van der Waals surface area contributed by atoms with Crippen LogP contribution in [0.25, 0.3) is 0 Å². The molecule has 0 saturated heterocycles. The van der Waals surface area contributed by atoms with Crippen LogP contribution in [0.5, 0.6) is 0 Å². The molecule has 1 aromatic carbocycles. The number of benzene rings is 1. The van der Waals surface area contributed by atoms with Crippen LogP contribution in [0.4, 0.5) is 26.3 Å². The van der Waals surface area contributed by atoms with E-state index in [1.165, 1.54) is 13.2 Å². The molecule has 1 heterocycles. The summed E-state index contributed by atoms with van der Waals surface area (Å²) < 4.78 is 78.1. The van der Waals surface area contributed by atoms with Crippen molar-refractivity contribution in [1.82, 2.24) is 20.2 Å². The Morgan fingerprint density at radius 3 is 2.54 bits per heavy atom. The van der Waals surface area contributed by atoms with E-state index in [-0.39, 0.29) is 30.4 Å². The fraction of sp³-hybridized carbons (Fsp3) is 0.333. The van der Waals surface area contributed by atoms with E-state index in [9.17, 15) is 26.3 Å². The Kier molecular flexibility index (Phi) is 6.11. The van der Waals surface area contributed by atoms with Gasteiger partial charge in [0.15, 0.2) is 5.96 Å². The maximum atomic E-state index is 13.1. The summed E-state index contributed by atoms with van der Waals surface area (Å²) in [5, 5.41) is 5.29. The van der Waals surface area contributed by atoms with Crippen molar-refractivity contribution < 1.29 is 26.3 Å². The van der Waals surface area contributed by atoms with Crippen LogP contribution in [0.2, 0.25) is 0 Å². The van der Waals surface area contributed by atoms with Gasteiger partial charge in [0.05, 0.1) is 12.1 Å². The van der Waals surface area contributed by atoms with Gasteiger partial charge in [-0.15, -0.1) is 0 Å². The quantitative estimate of drug-likeness (QED) is 0.476. The highest BCUT2D eigenvalue weighted by molar-refractivity contribution is 5.79. The second-order valence-electron chi connectivity index (χ2n) is 5.11. The predicted octanol–water partition coefficient (Wildman–Crippen LogP) is 3.30. The van der Waals surface area contributed by atoms with Crippen LogP contribution in [0.3, 0.4) is 0 Å². The highest BCUT2D eigenvalue weighted by atomic mass is 19.4. The van der Waals surface area contributed by atoms with E-state index >= 15 is 0 Å². The molecule has 142 valence electrons. The molecule has 0 atom stereocenters. The van der Waals surface area contributed by atoms with Crippen LogP contribution in [0.1, 0.15) is 23.5 Å². The molecule has 0 aliphatic rings. The lowest BCUT2D eigenvalue weighted by molar-refractivity contribution is -0.138. The first-order chi connectivity index (χ1) is 12.2. The minimum Gasteiger partial charge on any atom is -0.352 e. The Hall–Kier alpha value is -2.72. The highest BCUT2D eigenvalue weighted by Gasteiger charge is 2.33. The van der Waals surface area contributed by atoms with Crippen LogP contribution in [0, 0.1) is 5.82 Å². The number of rotatable bonds is 5. The molecule has 0 radical (unpaired) electrons. The zero-order valence-corrected chi connectivity index (χ0v) is 13.5. The molecule has 0 unspecified atom stereocenters. The van der Waals surface area contributed by atoms with Crippen molar-refractivity contribution in [2.45, 2.75) is 25.8 Å². The van der Waals surface area contributed by atoms with Gasteiger partial charge in [-0.2, -0.15) is 22.0 Å². The van der Waals surface area contributed by atoms with Gasteiger partial charge >= 0.3 is 12.7 Å². The summed E-state index contributed by atoms with van der Waals surface area (Å²) in [5.74, 6) is -0.894. The van der Waals surface area contributed by atoms with E-state index in [4.69, 9.17) is 0 Å². The third-order valence-corrected chi connectivity index (χ3v) is 3.42. The van der Waals surface area contributed by atoms with E-state index in [2.05, 4.69) is 20.6 Å². The Bertz CT molecular complexity index is 768. The Morgan fingerprint density at radius 2 is 1.92 bits per heavy atom. The number of nitrogens with zero attached hydrogens (tertiary/aromatic N) is 3. The highest BCUT2D eigenvalue weighted by Crippen LogP contribution is 2.32. The fourth-order valence-electron chi connectivity index (χ4n) is 2.19. The second-order valence-corrected chi connectivity index (χ2v) is 5.11. The second kappa shape index (κ2) is 8.11. The molecular formula is C15H15F6N5. The largest absolute Gasteiger partial charge is 0.416 e. The molecule has 0 amide bonds. The van der Waals surface area contributed by atoms with Gasteiger partial charge in [0.2, 0.25) is 0 Å². The van der Waals surface area contributed by atoms with Crippen molar-refractivity contribution in [2.75, 3.05) is 7.05 Å². The first-order valence-electron chi connectivity index (χ1n) is 7.32. The van der Waals surface area contributed by atoms with Crippen LogP contribution < -0.4 is 10.6 Å². The standard InChI is InChI=1S/C15H15F6N5/c1-22-14(25-8-12-23-4-5-26(12)13(17)18)24-7-9-2-3-10(16)6-11(9)15(19,20)21/h2-6,13H,7-8H2,1H3,(H2,22,24,25). The molecular weight excluding hydrogens is 364 g/mol. The smallest absolute Gasteiger partial charge is 0.352 e. The predicted molar refractivity (Wildman–Crippen MR) is 81.9 cm³/mol. The number of nitrogens with one attached hydrogen (secondary N) is 2. The average Bonchev–Trinajstić information content (AvgIpc) is 3.04. The lowest BCUT2D eigenvalue weighted by Gasteiger charge is -2.16. The molecule has 2 aromatic rings. The summed E-state index contributed by atoms with van der Waals surface area (Å²) in [6.45, 7) is -3.18. The maximum Gasteiger partial charge on any atom is 0.416 e. The number of halogens is 6. The fourth-order valence-corrected chi connectivity index (χ4v) is 2.19. The van der Waals surface area contributed by atoms with Crippen LogP contribution in [-0.4, -0.2) is 22.6 Å². The van der Waals surface area contributed by atoms with Crippen LogP contribution in [0.15, 0.2) is 35.6 Å². The first-order valence-corrected chi connectivity index (χ1v) is 7.32. The summed E-state index contributed by atoms with van der Waals surface area (Å²) in [6, 6.07) is 2.34. The van der Waals surface area contributed by atoms with E-state index in [1.54, 1.807) is 0 Å². The summed E-state index contributed by atoms with van der Waals surface area (Å²) >= 11 is 0. The Balaban J connectivity index is 2.03. The van der Waals surface area contributed by atoms with Gasteiger partial charge in [-0.05, 0) is 17.7 Å². The van der Waals surface area contributed by atoms with Crippen molar-refractivity contribution >= 4 is 5.96 Å². The molecule has 2 N–H and O–H groups in total. The molecule has 5 nitrogen and oxygen atoms in total. The van der Waals surface area contributed by atoms with E-state index in [1.807, 2.05) is 0 Å². The Labute approximate surface area is 144 Å². The van der Waals surface area contributed by atoms with Crippen molar-refractivity contribution in [3.8, 4) is 0 Å². The Morgan fingerprint density at radius 1 is 1.23 bits per heavy atom. The molecule has 0 saturated carbocycles. The molecule has 11 heteroatoms. The van der Waals surface area contributed by atoms with Crippen LogP contribution >= 0.6 is 0 Å². The maximum absolute atomic E-state index is 13.1. The van der Waals surface area contributed by atoms with Crippen molar-refractivity contribution in [3.05, 3.63) is 53.4 Å². The number of aromatic nitrogens is 2. The zero-order valence-electron chi connectivity index (χ0n) is 13.5. The third-order valence-electron chi connectivity index (χ3n) is 3.42. The van der Waals surface area contributed by atoms with Crippen molar-refractivity contribution in [3.63, 3.8) is 0 Å². The molecule has 0 spiro atoms. The average molecular weight is 379 g/mol. The molecule has 2 rings (SSSR count). The van der Waals surface area contributed by atoms with Gasteiger partial charge in [-0.3, -0.25) is 9.56 Å². The summed E-state index contributed by atoms with van der Waals surface area (Å²) in [6.07, 6.45) is -2.41. The van der Waals surface area contributed by atoms with E-state index in [0.29, 0.717) is 10.6 Å². The van der Waals surface area contributed by atoms with Gasteiger partial charge < -0.3 is 10.6 Å². The third kappa shape index (κ3) is 4.90. The number of imidazole rings is 1. The molecule has 1 aromatic heterocycles. The molecule has 26 heavy (non-hydrogen) atoms. The SMILES string of the molecule is CN=C(NCc1ccc(F)cc1C(F)(F)F)NCc1nccn1C(F)F. The van der Waals surface area contributed by atoms with Crippen LogP contribution in [-0.2, 0) is 19.3 Å². The minimum atomic E-state index is -4.71. The lowest BCUT2D eigenvalue weighted by atomic mass is 10.1. The van der Waals surface area contributed by atoms with Gasteiger partial charge in [0, 0.05) is 26.0 Å². The van der Waals surface area contributed by atoms with Gasteiger partial charge in [-0.25, -0.2) is 9.37 Å². The number of hydrogen-bond acceptors (Lipinski definition) is 2. The number of alkyl halides is 5. The van der Waals surface area contributed by atoms with Crippen molar-refractivity contribution in [1.29, 1.82) is 0 Å². The van der Waals surface area contributed by atoms with Gasteiger partial charge in [0.25, 0.3) is 0 Å². The number of guanidine groups is 1. The molecule has 0 aliphatic heterocycles. The van der Waals surface area contributed by atoms with Gasteiger partial charge in [0.1, 0.15) is 11.6 Å². The van der Waals surface area contributed by atoms with E-state index < -0.39 is 24.1 Å². The summed E-state index contributed by atoms with van der Waals surface area (Å²) in [5.41, 5.74) is -1.29.